The summed E-state index contributed by atoms with van der Waals surface area (Å²) in [6.07, 6.45) is -3.31. The third-order valence-electron chi connectivity index (χ3n) is 5.74. The van der Waals surface area contributed by atoms with E-state index in [1.54, 1.807) is 0 Å². The second-order valence-corrected chi connectivity index (χ2v) is 8.28. The number of hydrogen-bond donors (Lipinski definition) is 3. The number of rotatable bonds is 8. The van der Waals surface area contributed by atoms with Gasteiger partial charge in [0.2, 0.25) is 0 Å². The molecule has 0 spiro atoms. The largest absolute Gasteiger partial charge is 0.490 e. The Morgan fingerprint density at radius 2 is 1.42 bits per heavy atom. The molecule has 1 fully saturated rings. The van der Waals surface area contributed by atoms with Crippen LogP contribution >= 0.6 is 0 Å². The highest BCUT2D eigenvalue weighted by atomic mass is 19.4. The average molecular weight is 514 g/mol. The molecule has 0 unspecified atom stereocenters. The Labute approximate surface area is 202 Å². The van der Waals surface area contributed by atoms with Crippen LogP contribution < -0.4 is 15.4 Å². The Morgan fingerprint density at radius 1 is 0.889 bits per heavy atom. The number of ether oxygens (including phenoxy) is 1. The molecular weight excluding hydrogens is 491 g/mol. The summed E-state index contributed by atoms with van der Waals surface area (Å²) in [6.45, 7) is -0.343. The molecule has 36 heavy (non-hydrogen) atoms. The molecule has 3 rings (SSSR count). The normalized spacial score (nSPS) is 17.8. The molecule has 0 heterocycles. The number of benzene rings is 2. The van der Waals surface area contributed by atoms with Gasteiger partial charge in [0.25, 0.3) is 11.8 Å². The number of aliphatic carboxylic acids is 1. The molecule has 2 aromatic carbocycles. The zero-order chi connectivity index (χ0) is 26.5. The first-order chi connectivity index (χ1) is 17.0. The van der Waals surface area contributed by atoms with Crippen molar-refractivity contribution < 1.29 is 46.2 Å². The third kappa shape index (κ3) is 6.92. The van der Waals surface area contributed by atoms with Crippen molar-refractivity contribution in [1.82, 2.24) is 10.6 Å². The highest BCUT2D eigenvalue weighted by molar-refractivity contribution is 5.95. The SMILES string of the molecule is O=C(NCCNC(=O)c1c(F)cc(O[C@H]2CC[C@@H](C(=O)O)CC2)cc1F)c1ccc(C(F)(F)F)cc1. The molecular formula is C24H23F5N2O5. The van der Waals surface area contributed by atoms with Crippen molar-refractivity contribution in [1.29, 1.82) is 0 Å². The Hall–Kier alpha value is -3.70. The number of alkyl halides is 3. The molecule has 0 saturated heterocycles. The van der Waals surface area contributed by atoms with E-state index in [2.05, 4.69) is 10.6 Å². The van der Waals surface area contributed by atoms with Gasteiger partial charge in [0.05, 0.1) is 17.6 Å². The maximum absolute atomic E-state index is 14.5. The van der Waals surface area contributed by atoms with Crippen molar-refractivity contribution in [2.24, 2.45) is 5.92 Å². The Kier molecular flexibility index (Phi) is 8.49. The number of hydrogen-bond acceptors (Lipinski definition) is 4. The molecule has 12 heteroatoms. The molecule has 3 N–H and O–H groups in total. The van der Waals surface area contributed by atoms with Crippen LogP contribution in [0.25, 0.3) is 0 Å². The van der Waals surface area contributed by atoms with Crippen LogP contribution in [0.3, 0.4) is 0 Å². The van der Waals surface area contributed by atoms with Gasteiger partial charge in [0, 0.05) is 30.8 Å². The molecule has 2 aromatic rings. The van der Waals surface area contributed by atoms with E-state index in [-0.39, 0.29) is 24.4 Å². The molecule has 0 atom stereocenters. The van der Waals surface area contributed by atoms with E-state index in [0.717, 1.165) is 36.4 Å². The van der Waals surface area contributed by atoms with Crippen LogP contribution in [0.2, 0.25) is 0 Å². The zero-order valence-electron chi connectivity index (χ0n) is 18.8. The van der Waals surface area contributed by atoms with Gasteiger partial charge in [-0.1, -0.05) is 0 Å². The van der Waals surface area contributed by atoms with Crippen LogP contribution in [0, 0.1) is 17.6 Å². The van der Waals surface area contributed by atoms with Crippen LogP contribution in [-0.2, 0) is 11.0 Å². The standard InChI is InChI=1S/C24H23F5N2O5/c25-18-11-17(36-16-7-3-14(4-8-16)23(34)35)12-19(26)20(18)22(33)31-10-9-30-21(32)13-1-5-15(6-2-13)24(27,28)29/h1-2,5-6,11-12,14,16H,3-4,7-10H2,(H,30,32)(H,31,33)(H,34,35)/t14-,16+. The molecule has 0 aromatic heterocycles. The van der Waals surface area contributed by atoms with Crippen molar-refractivity contribution in [3.8, 4) is 5.75 Å². The predicted molar refractivity (Wildman–Crippen MR) is 116 cm³/mol. The summed E-state index contributed by atoms with van der Waals surface area (Å²) in [6, 6.07) is 5.26. The number of amides is 2. The van der Waals surface area contributed by atoms with Gasteiger partial charge >= 0.3 is 12.1 Å². The van der Waals surface area contributed by atoms with Gasteiger partial charge in [-0.05, 0) is 49.9 Å². The highest BCUT2D eigenvalue weighted by Crippen LogP contribution is 2.30. The van der Waals surface area contributed by atoms with E-state index in [0.29, 0.717) is 25.7 Å². The number of nitrogens with one attached hydrogen (secondary N) is 2. The van der Waals surface area contributed by atoms with Crippen molar-refractivity contribution >= 4 is 17.8 Å². The lowest BCUT2D eigenvalue weighted by Crippen LogP contribution is -2.35. The molecule has 1 aliphatic carbocycles. The first-order valence-electron chi connectivity index (χ1n) is 11.1. The van der Waals surface area contributed by atoms with Gasteiger partial charge < -0.3 is 20.5 Å². The molecule has 1 saturated carbocycles. The van der Waals surface area contributed by atoms with E-state index in [1.807, 2.05) is 0 Å². The monoisotopic (exact) mass is 514 g/mol. The van der Waals surface area contributed by atoms with Crippen molar-refractivity contribution in [3.05, 3.63) is 64.7 Å². The van der Waals surface area contributed by atoms with Gasteiger partial charge in [-0.3, -0.25) is 14.4 Å². The van der Waals surface area contributed by atoms with Crippen molar-refractivity contribution in [3.63, 3.8) is 0 Å². The quantitative estimate of drug-likeness (QED) is 0.363. The van der Waals surface area contributed by atoms with Crippen LogP contribution in [0.1, 0.15) is 52.0 Å². The van der Waals surface area contributed by atoms with Gasteiger partial charge in [0.1, 0.15) is 22.9 Å². The minimum Gasteiger partial charge on any atom is -0.490 e. The van der Waals surface area contributed by atoms with Crippen LogP contribution in [-0.4, -0.2) is 42.1 Å². The summed E-state index contributed by atoms with van der Waals surface area (Å²) < 4.78 is 72.2. The Balaban J connectivity index is 1.48. The Morgan fingerprint density at radius 3 is 1.92 bits per heavy atom. The zero-order valence-corrected chi connectivity index (χ0v) is 18.8. The van der Waals surface area contributed by atoms with Gasteiger partial charge in [-0.15, -0.1) is 0 Å². The fraction of sp³-hybridized carbons (Fsp3) is 0.375. The average Bonchev–Trinajstić information content (AvgIpc) is 2.81. The van der Waals surface area contributed by atoms with E-state index >= 15 is 0 Å². The summed E-state index contributed by atoms with van der Waals surface area (Å²) >= 11 is 0. The fourth-order valence-electron chi connectivity index (χ4n) is 3.81. The molecule has 1 aliphatic rings. The maximum Gasteiger partial charge on any atom is 0.416 e. The molecule has 0 aliphatic heterocycles. The number of carbonyl (C=O) groups is 3. The Bertz CT molecular complexity index is 1090. The van der Waals surface area contributed by atoms with Gasteiger partial charge in [-0.2, -0.15) is 13.2 Å². The van der Waals surface area contributed by atoms with E-state index < -0.39 is 58.7 Å². The van der Waals surface area contributed by atoms with E-state index in [9.17, 15) is 36.3 Å². The summed E-state index contributed by atoms with van der Waals surface area (Å²) in [5.41, 5.74) is -1.78. The number of carbonyl (C=O) groups excluding carboxylic acids is 2. The lowest BCUT2D eigenvalue weighted by Gasteiger charge is -2.26. The third-order valence-corrected chi connectivity index (χ3v) is 5.74. The second-order valence-electron chi connectivity index (χ2n) is 8.28. The van der Waals surface area contributed by atoms with Gasteiger partial charge in [-0.25, -0.2) is 8.78 Å². The number of carboxylic acids is 1. The van der Waals surface area contributed by atoms with Crippen LogP contribution in [0.4, 0.5) is 22.0 Å². The van der Waals surface area contributed by atoms with Crippen molar-refractivity contribution in [2.45, 2.75) is 38.0 Å². The summed E-state index contributed by atoms with van der Waals surface area (Å²) in [4.78, 5) is 35.3. The number of carboxylic acid groups (broad SMARTS) is 1. The van der Waals surface area contributed by atoms with Crippen LogP contribution in [0.15, 0.2) is 36.4 Å². The summed E-state index contributed by atoms with van der Waals surface area (Å²) in [7, 11) is 0. The molecule has 7 nitrogen and oxygen atoms in total. The predicted octanol–water partition coefficient (Wildman–Crippen LogP) is 4.17. The minimum absolute atomic E-state index is 0.0292. The first-order valence-corrected chi connectivity index (χ1v) is 11.1. The topological polar surface area (TPSA) is 105 Å². The lowest BCUT2D eigenvalue weighted by molar-refractivity contribution is -0.143. The summed E-state index contributed by atoms with van der Waals surface area (Å²) in [5.74, 6) is -5.55. The molecule has 2 amide bonds. The van der Waals surface area contributed by atoms with Crippen molar-refractivity contribution in [2.75, 3.05) is 13.1 Å². The molecule has 0 bridgehead atoms. The molecule has 194 valence electrons. The maximum atomic E-state index is 14.5. The molecule has 0 radical (unpaired) electrons. The first kappa shape index (κ1) is 26.9. The van der Waals surface area contributed by atoms with E-state index in [4.69, 9.17) is 9.84 Å². The fourth-order valence-corrected chi connectivity index (χ4v) is 3.81. The van der Waals surface area contributed by atoms with E-state index in [1.165, 1.54) is 0 Å². The smallest absolute Gasteiger partial charge is 0.416 e. The summed E-state index contributed by atoms with van der Waals surface area (Å²) in [5, 5.41) is 13.7. The van der Waals surface area contributed by atoms with Gasteiger partial charge in [0.15, 0.2) is 0 Å². The lowest BCUT2D eigenvalue weighted by atomic mass is 9.87. The number of halogens is 5. The minimum atomic E-state index is -4.53. The second kappa shape index (κ2) is 11.4. The van der Waals surface area contributed by atoms with Crippen LogP contribution in [0.5, 0.6) is 5.75 Å². The highest BCUT2D eigenvalue weighted by Gasteiger charge is 2.30.